The zero-order valence-electron chi connectivity index (χ0n) is 18.5. The van der Waals surface area contributed by atoms with E-state index in [0.29, 0.717) is 30.7 Å². The first kappa shape index (κ1) is 20.7. The van der Waals surface area contributed by atoms with Crippen LogP contribution in [0.15, 0.2) is 30.3 Å². The second kappa shape index (κ2) is 8.29. The van der Waals surface area contributed by atoms with Crippen LogP contribution in [0.2, 0.25) is 0 Å². The molecule has 0 aliphatic heterocycles. The lowest BCUT2D eigenvalue weighted by atomic mass is 9.70. The van der Waals surface area contributed by atoms with Gasteiger partial charge in [0, 0.05) is 18.3 Å². The average molecular weight is 399 g/mol. The Balaban J connectivity index is 1.37. The third kappa shape index (κ3) is 3.93. The summed E-state index contributed by atoms with van der Waals surface area (Å²) in [6.07, 6.45) is 10.1. The molecule has 0 saturated heterocycles. The van der Waals surface area contributed by atoms with Gasteiger partial charge >= 0.3 is 6.03 Å². The molecule has 0 radical (unpaired) electrons. The predicted molar refractivity (Wildman–Crippen MR) is 118 cm³/mol. The van der Waals surface area contributed by atoms with E-state index >= 15 is 0 Å². The summed E-state index contributed by atoms with van der Waals surface area (Å²) in [4.78, 5) is 15.1. The van der Waals surface area contributed by atoms with Gasteiger partial charge < -0.3 is 15.0 Å². The first-order valence-electron chi connectivity index (χ1n) is 11.7. The lowest BCUT2D eigenvalue weighted by molar-refractivity contribution is -0.0517. The Kier molecular flexibility index (Phi) is 5.92. The van der Waals surface area contributed by atoms with Gasteiger partial charge in [0.05, 0.1) is 12.7 Å². The van der Waals surface area contributed by atoms with E-state index in [1.165, 1.54) is 38.5 Å². The van der Waals surface area contributed by atoms with E-state index in [0.717, 1.165) is 24.4 Å². The van der Waals surface area contributed by atoms with Crippen molar-refractivity contribution in [3.05, 3.63) is 30.3 Å². The van der Waals surface area contributed by atoms with Crippen LogP contribution in [0.1, 0.15) is 72.1 Å². The van der Waals surface area contributed by atoms with Gasteiger partial charge in [-0.05, 0) is 61.0 Å². The Bertz CT molecular complexity index is 698. The molecule has 160 valence electrons. The monoisotopic (exact) mass is 398 g/mol. The SMILES string of the molecule is CC1(C)[C@H]2CC[C@@]1(C)[C@@H](OCCN(C(=O)Nc1ccccc1)C1CCCCC1)C2. The van der Waals surface area contributed by atoms with Crippen LogP contribution in [0.4, 0.5) is 10.5 Å². The Hall–Kier alpha value is -1.55. The summed E-state index contributed by atoms with van der Waals surface area (Å²) in [6.45, 7) is 8.60. The van der Waals surface area contributed by atoms with Gasteiger partial charge in [-0.25, -0.2) is 4.79 Å². The van der Waals surface area contributed by atoms with Crippen LogP contribution in [0.5, 0.6) is 0 Å². The maximum Gasteiger partial charge on any atom is 0.322 e. The van der Waals surface area contributed by atoms with Gasteiger partial charge in [-0.1, -0.05) is 58.2 Å². The summed E-state index contributed by atoms with van der Waals surface area (Å²) in [6, 6.07) is 10.1. The highest BCUT2D eigenvalue weighted by Gasteiger charge is 2.61. The fourth-order valence-corrected chi connectivity index (χ4v) is 6.24. The van der Waals surface area contributed by atoms with Crippen LogP contribution in [-0.4, -0.2) is 36.2 Å². The summed E-state index contributed by atoms with van der Waals surface area (Å²) in [7, 11) is 0. The molecule has 4 rings (SSSR count). The van der Waals surface area contributed by atoms with E-state index in [1.807, 2.05) is 35.2 Å². The second-order valence-electron chi connectivity index (χ2n) is 10.3. The molecule has 4 nitrogen and oxygen atoms in total. The topological polar surface area (TPSA) is 41.6 Å². The number of urea groups is 1. The lowest BCUT2D eigenvalue weighted by Gasteiger charge is -2.39. The molecule has 0 spiro atoms. The highest BCUT2D eigenvalue weighted by atomic mass is 16.5. The molecule has 2 bridgehead atoms. The number of ether oxygens (including phenoxy) is 1. The number of hydrogen-bond acceptors (Lipinski definition) is 2. The maximum absolute atomic E-state index is 13.1. The molecule has 1 aromatic carbocycles. The van der Waals surface area contributed by atoms with Crippen molar-refractivity contribution in [3.8, 4) is 0 Å². The van der Waals surface area contributed by atoms with Crippen LogP contribution in [0.3, 0.4) is 0 Å². The molecule has 4 heteroatoms. The van der Waals surface area contributed by atoms with Crippen molar-refractivity contribution in [2.45, 2.75) is 84.3 Å². The van der Waals surface area contributed by atoms with Gasteiger partial charge in [0.2, 0.25) is 0 Å². The largest absolute Gasteiger partial charge is 0.376 e. The average Bonchev–Trinajstić information content (AvgIpc) is 3.06. The molecular weight excluding hydrogens is 360 g/mol. The molecule has 3 fully saturated rings. The lowest BCUT2D eigenvalue weighted by Crippen LogP contribution is -2.46. The number of benzene rings is 1. The zero-order chi connectivity index (χ0) is 20.5. The molecule has 1 N–H and O–H groups in total. The third-order valence-corrected chi connectivity index (χ3v) is 8.67. The fraction of sp³-hybridized carbons (Fsp3) is 0.720. The molecule has 3 aliphatic carbocycles. The standard InChI is InChI=1S/C25H38N2O2/c1-24(2)19-14-15-25(24,3)22(18-19)29-17-16-27(21-12-8-5-9-13-21)23(28)26-20-10-6-4-7-11-20/h4,6-7,10-11,19,21-22H,5,8-9,12-18H2,1-3H3,(H,26,28)/t19-,22-,25-/m0/s1. The maximum atomic E-state index is 13.1. The van der Waals surface area contributed by atoms with Crippen molar-refractivity contribution in [3.63, 3.8) is 0 Å². The third-order valence-electron chi connectivity index (χ3n) is 8.67. The smallest absolute Gasteiger partial charge is 0.322 e. The molecule has 29 heavy (non-hydrogen) atoms. The number of fused-ring (bicyclic) bond motifs is 2. The van der Waals surface area contributed by atoms with Crippen LogP contribution in [-0.2, 0) is 4.74 Å². The van der Waals surface area contributed by atoms with Crippen LogP contribution in [0, 0.1) is 16.7 Å². The van der Waals surface area contributed by atoms with Crippen LogP contribution >= 0.6 is 0 Å². The minimum Gasteiger partial charge on any atom is -0.376 e. The molecule has 2 amide bonds. The highest BCUT2D eigenvalue weighted by Crippen LogP contribution is 2.66. The summed E-state index contributed by atoms with van der Waals surface area (Å²) in [5.41, 5.74) is 1.51. The molecule has 3 atom stereocenters. The van der Waals surface area contributed by atoms with Crippen molar-refractivity contribution in [1.82, 2.24) is 4.90 Å². The number of rotatable bonds is 6. The number of nitrogens with one attached hydrogen (secondary N) is 1. The number of para-hydroxylation sites is 1. The minimum absolute atomic E-state index is 0.0196. The molecule has 0 aromatic heterocycles. The first-order valence-corrected chi connectivity index (χ1v) is 11.7. The van der Waals surface area contributed by atoms with E-state index in [4.69, 9.17) is 4.74 Å². The van der Waals surface area contributed by atoms with E-state index in [1.54, 1.807) is 0 Å². The van der Waals surface area contributed by atoms with Gasteiger partial charge in [0.25, 0.3) is 0 Å². The summed E-state index contributed by atoms with van der Waals surface area (Å²) in [5.74, 6) is 0.785. The Labute approximate surface area is 176 Å². The quantitative estimate of drug-likeness (QED) is 0.630. The highest BCUT2D eigenvalue weighted by molar-refractivity contribution is 5.89. The van der Waals surface area contributed by atoms with Crippen molar-refractivity contribution in [2.24, 2.45) is 16.7 Å². The number of amides is 2. The molecule has 0 unspecified atom stereocenters. The molecule has 3 aliphatic rings. The minimum atomic E-state index is 0.0196. The van der Waals surface area contributed by atoms with Crippen molar-refractivity contribution >= 4 is 11.7 Å². The first-order chi connectivity index (χ1) is 13.9. The number of carbonyl (C=O) groups is 1. The summed E-state index contributed by atoms with van der Waals surface area (Å²) < 4.78 is 6.48. The van der Waals surface area contributed by atoms with Crippen molar-refractivity contribution < 1.29 is 9.53 Å². The van der Waals surface area contributed by atoms with E-state index < -0.39 is 0 Å². The van der Waals surface area contributed by atoms with Crippen molar-refractivity contribution in [1.29, 1.82) is 0 Å². The normalized spacial score (nSPS) is 31.0. The van der Waals surface area contributed by atoms with Gasteiger partial charge in [0.1, 0.15) is 0 Å². The fourth-order valence-electron chi connectivity index (χ4n) is 6.24. The number of carbonyl (C=O) groups excluding carboxylic acids is 1. The second-order valence-corrected chi connectivity index (χ2v) is 10.3. The van der Waals surface area contributed by atoms with Gasteiger partial charge in [-0.2, -0.15) is 0 Å². The summed E-state index contributed by atoms with van der Waals surface area (Å²) in [5, 5.41) is 3.10. The zero-order valence-corrected chi connectivity index (χ0v) is 18.5. The molecule has 0 heterocycles. The Morgan fingerprint density at radius 1 is 1.10 bits per heavy atom. The van der Waals surface area contributed by atoms with Gasteiger partial charge in [0.15, 0.2) is 0 Å². The van der Waals surface area contributed by atoms with E-state index in [-0.39, 0.29) is 11.4 Å². The van der Waals surface area contributed by atoms with E-state index in [9.17, 15) is 4.79 Å². The Morgan fingerprint density at radius 2 is 1.83 bits per heavy atom. The number of anilines is 1. The number of nitrogens with zero attached hydrogens (tertiary/aromatic N) is 1. The Morgan fingerprint density at radius 3 is 2.45 bits per heavy atom. The van der Waals surface area contributed by atoms with E-state index in [2.05, 4.69) is 26.1 Å². The van der Waals surface area contributed by atoms with Crippen LogP contribution < -0.4 is 5.32 Å². The van der Waals surface area contributed by atoms with Crippen molar-refractivity contribution in [2.75, 3.05) is 18.5 Å². The van der Waals surface area contributed by atoms with Gasteiger partial charge in [-0.15, -0.1) is 0 Å². The van der Waals surface area contributed by atoms with Gasteiger partial charge in [-0.3, -0.25) is 0 Å². The summed E-state index contributed by atoms with van der Waals surface area (Å²) >= 11 is 0. The molecule has 1 aromatic rings. The number of hydrogen-bond donors (Lipinski definition) is 1. The van der Waals surface area contributed by atoms with Crippen LogP contribution in [0.25, 0.3) is 0 Å². The molecule has 3 saturated carbocycles. The molecular formula is C25H38N2O2. The predicted octanol–water partition coefficient (Wildman–Crippen LogP) is 6.08.